The van der Waals surface area contributed by atoms with Gasteiger partial charge >= 0.3 is 0 Å². The quantitative estimate of drug-likeness (QED) is 0.321. The Morgan fingerprint density at radius 3 is 2.29 bits per heavy atom. The van der Waals surface area contributed by atoms with Gasteiger partial charge in [-0.15, -0.1) is 0 Å². The molecule has 1 rings (SSSR count). The van der Waals surface area contributed by atoms with Crippen LogP contribution in [0.25, 0.3) is 0 Å². The summed E-state index contributed by atoms with van der Waals surface area (Å²) in [6, 6.07) is 1.09. The van der Waals surface area contributed by atoms with Gasteiger partial charge < -0.3 is 5.84 Å². The normalized spacial score (nSPS) is 27.9. The fourth-order valence-electron chi connectivity index (χ4n) is 2.33. The molecule has 0 spiro atoms. The molecule has 0 aromatic carbocycles. The lowest BCUT2D eigenvalue weighted by molar-refractivity contribution is 0.0455. The third kappa shape index (κ3) is 4.55. The maximum atomic E-state index is 5.31. The number of rotatable bonds is 6. The molecule has 7 nitrogen and oxygen atoms in total. The van der Waals surface area contributed by atoms with E-state index in [4.69, 9.17) is 11.7 Å². The third-order valence-corrected chi connectivity index (χ3v) is 3.36. The molecule has 0 unspecified atom stereocenters. The molecule has 1 saturated heterocycles. The first-order valence-corrected chi connectivity index (χ1v) is 6.17. The van der Waals surface area contributed by atoms with Gasteiger partial charge in [0.1, 0.15) is 0 Å². The van der Waals surface area contributed by atoms with Gasteiger partial charge in [-0.1, -0.05) is 5.22 Å². The minimum Gasteiger partial charge on any atom is -0.305 e. The molecule has 7 heteroatoms. The first kappa shape index (κ1) is 14.3. The van der Waals surface area contributed by atoms with Crippen molar-refractivity contribution in [2.45, 2.75) is 25.9 Å². The number of nitrogens with zero attached hydrogens (tertiary/aromatic N) is 4. The summed E-state index contributed by atoms with van der Waals surface area (Å²) < 4.78 is 0. The molecular weight excluding hydrogens is 218 g/mol. The maximum Gasteiger partial charge on any atom is 0.0747 e. The Labute approximate surface area is 103 Å². The van der Waals surface area contributed by atoms with Gasteiger partial charge in [0.05, 0.1) is 6.54 Å². The Morgan fingerprint density at radius 2 is 1.76 bits per heavy atom. The van der Waals surface area contributed by atoms with E-state index in [1.54, 1.807) is 0 Å². The first-order chi connectivity index (χ1) is 8.19. The Bertz CT molecular complexity index is 233. The topological polar surface area (TPSA) is 95.3 Å². The highest BCUT2D eigenvalue weighted by Crippen LogP contribution is 2.14. The predicted octanol–water partition coefficient (Wildman–Crippen LogP) is -0.830. The van der Waals surface area contributed by atoms with Crippen molar-refractivity contribution in [3.8, 4) is 0 Å². The van der Waals surface area contributed by atoms with Crippen molar-refractivity contribution in [3.05, 3.63) is 0 Å². The summed E-state index contributed by atoms with van der Waals surface area (Å²) in [6.07, 6.45) is 0. The van der Waals surface area contributed by atoms with E-state index in [2.05, 4.69) is 39.4 Å². The highest BCUT2D eigenvalue weighted by molar-refractivity contribution is 4.84. The van der Waals surface area contributed by atoms with E-state index in [9.17, 15) is 0 Å². The summed E-state index contributed by atoms with van der Waals surface area (Å²) in [5.74, 6) is 10.3. The second-order valence-electron chi connectivity index (χ2n) is 4.62. The van der Waals surface area contributed by atoms with Crippen LogP contribution in [0.15, 0.2) is 10.3 Å². The molecular formula is C10H25N7. The van der Waals surface area contributed by atoms with Crippen LogP contribution in [-0.2, 0) is 0 Å². The van der Waals surface area contributed by atoms with Crippen LogP contribution in [0.2, 0.25) is 0 Å². The van der Waals surface area contributed by atoms with Gasteiger partial charge in [-0.25, -0.2) is 0 Å². The second kappa shape index (κ2) is 7.54. The molecule has 1 heterocycles. The average molecular weight is 243 g/mol. The molecule has 0 amide bonds. The van der Waals surface area contributed by atoms with Crippen LogP contribution in [-0.4, -0.2) is 61.2 Å². The second-order valence-corrected chi connectivity index (χ2v) is 4.62. The number of piperazine rings is 1. The largest absolute Gasteiger partial charge is 0.305 e. The molecule has 0 bridgehead atoms. The number of hydrogen-bond acceptors (Lipinski definition) is 6. The monoisotopic (exact) mass is 243 g/mol. The van der Waals surface area contributed by atoms with E-state index in [1.807, 2.05) is 0 Å². The van der Waals surface area contributed by atoms with Gasteiger partial charge in [-0.2, -0.15) is 5.11 Å². The minimum atomic E-state index is 0.539. The molecule has 5 N–H and O–H groups in total. The van der Waals surface area contributed by atoms with Crippen LogP contribution < -0.4 is 17.1 Å². The molecule has 17 heavy (non-hydrogen) atoms. The first-order valence-electron chi connectivity index (χ1n) is 6.17. The lowest BCUT2D eigenvalue weighted by atomic mass is 10.1. The molecule has 0 aliphatic carbocycles. The lowest BCUT2D eigenvalue weighted by Crippen LogP contribution is -2.57. The lowest BCUT2D eigenvalue weighted by Gasteiger charge is -2.44. The van der Waals surface area contributed by atoms with Crippen molar-refractivity contribution in [2.75, 3.05) is 39.3 Å². The Morgan fingerprint density at radius 1 is 1.18 bits per heavy atom. The maximum absolute atomic E-state index is 5.31. The van der Waals surface area contributed by atoms with Gasteiger partial charge in [0.25, 0.3) is 0 Å². The molecule has 100 valence electrons. The van der Waals surface area contributed by atoms with Crippen molar-refractivity contribution in [3.63, 3.8) is 0 Å². The van der Waals surface area contributed by atoms with E-state index in [0.29, 0.717) is 18.6 Å². The fraction of sp³-hybridized carbons (Fsp3) is 1.00. The van der Waals surface area contributed by atoms with Gasteiger partial charge in [0.2, 0.25) is 0 Å². The number of nitrogens with one attached hydrogen (secondary N) is 1. The van der Waals surface area contributed by atoms with E-state index in [-0.39, 0.29) is 0 Å². The zero-order valence-corrected chi connectivity index (χ0v) is 10.8. The summed E-state index contributed by atoms with van der Waals surface area (Å²) in [5, 5.41) is 7.10. The molecule has 0 radical (unpaired) electrons. The van der Waals surface area contributed by atoms with Crippen LogP contribution >= 0.6 is 0 Å². The number of hydrogen-bond donors (Lipinski definition) is 3. The van der Waals surface area contributed by atoms with E-state index >= 15 is 0 Å². The molecule has 1 fully saturated rings. The van der Waals surface area contributed by atoms with Crippen molar-refractivity contribution in [1.82, 2.24) is 15.2 Å². The Balaban J connectivity index is 2.37. The predicted molar refractivity (Wildman–Crippen MR) is 68.2 cm³/mol. The van der Waals surface area contributed by atoms with Gasteiger partial charge in [0.15, 0.2) is 0 Å². The van der Waals surface area contributed by atoms with Gasteiger partial charge in [0, 0.05) is 44.8 Å². The number of hydrazine groups is 1. The zero-order valence-electron chi connectivity index (χ0n) is 10.8. The standard InChI is InChI=1S/C10H25N7/c1-9-8-17(6-4-14-15-12)10(2)7-16(9)5-3-13-11/h9-10,13H,3-8,11H2,1-2H3,(H2,12,14)/t9-,10-/m1/s1. The molecule has 0 aromatic rings. The summed E-state index contributed by atoms with van der Waals surface area (Å²) in [6.45, 7) is 10.1. The number of nitrogens with two attached hydrogens (primary N) is 2. The summed E-state index contributed by atoms with van der Waals surface area (Å²) in [7, 11) is 0. The molecule has 1 aliphatic heterocycles. The van der Waals surface area contributed by atoms with Crippen LogP contribution in [0.1, 0.15) is 13.8 Å². The highest BCUT2D eigenvalue weighted by atomic mass is 15.3. The van der Waals surface area contributed by atoms with Crippen LogP contribution in [0.4, 0.5) is 0 Å². The summed E-state index contributed by atoms with van der Waals surface area (Å²) in [5.41, 5.74) is 2.71. The van der Waals surface area contributed by atoms with Crippen LogP contribution in [0, 0.1) is 0 Å². The van der Waals surface area contributed by atoms with E-state index in [1.165, 1.54) is 0 Å². The van der Waals surface area contributed by atoms with E-state index in [0.717, 1.165) is 32.7 Å². The van der Waals surface area contributed by atoms with Crippen molar-refractivity contribution in [1.29, 1.82) is 0 Å². The van der Waals surface area contributed by atoms with Gasteiger partial charge in [-0.05, 0) is 13.8 Å². The molecule has 1 aliphatic rings. The van der Waals surface area contributed by atoms with Crippen molar-refractivity contribution >= 4 is 0 Å². The van der Waals surface area contributed by atoms with Gasteiger partial charge in [-0.3, -0.25) is 21.1 Å². The molecule has 2 atom stereocenters. The fourth-order valence-corrected chi connectivity index (χ4v) is 2.33. The zero-order chi connectivity index (χ0) is 12.7. The van der Waals surface area contributed by atoms with E-state index < -0.39 is 0 Å². The van der Waals surface area contributed by atoms with Crippen LogP contribution in [0.5, 0.6) is 0 Å². The molecule has 0 saturated carbocycles. The SMILES string of the molecule is C[C@@H]1CN(CCNN)[C@H](C)CN1CCN=NN. The highest BCUT2D eigenvalue weighted by Gasteiger charge is 2.27. The van der Waals surface area contributed by atoms with Crippen LogP contribution in [0.3, 0.4) is 0 Å². The van der Waals surface area contributed by atoms with Crippen molar-refractivity contribution < 1.29 is 0 Å². The minimum absolute atomic E-state index is 0.539. The Hall–Kier alpha value is -0.760. The third-order valence-electron chi connectivity index (χ3n) is 3.36. The Kier molecular flexibility index (Phi) is 6.35. The molecule has 0 aromatic heterocycles. The summed E-state index contributed by atoms with van der Waals surface area (Å²) in [4.78, 5) is 4.90. The average Bonchev–Trinajstić information content (AvgIpc) is 2.31. The van der Waals surface area contributed by atoms with Crippen molar-refractivity contribution in [2.24, 2.45) is 22.0 Å². The summed E-state index contributed by atoms with van der Waals surface area (Å²) >= 11 is 0. The smallest absolute Gasteiger partial charge is 0.0747 e.